The lowest BCUT2D eigenvalue weighted by Crippen LogP contribution is -2.43. The molecule has 1 aliphatic heterocycles. The molecule has 3 aromatic heterocycles. The minimum absolute atomic E-state index is 0.100. The summed E-state index contributed by atoms with van der Waals surface area (Å²) in [5.41, 5.74) is 6.54. The van der Waals surface area contributed by atoms with Gasteiger partial charge in [0.25, 0.3) is 11.8 Å². The molecule has 2 aliphatic carbocycles. The van der Waals surface area contributed by atoms with E-state index in [0.717, 1.165) is 41.6 Å². The Morgan fingerprint density at radius 3 is 2.86 bits per heavy atom. The molecule has 10 nitrogen and oxygen atoms in total. The Morgan fingerprint density at radius 1 is 1.17 bits per heavy atom. The van der Waals surface area contributed by atoms with E-state index in [0.29, 0.717) is 31.0 Å². The van der Waals surface area contributed by atoms with Crippen LogP contribution in [0, 0.1) is 5.92 Å². The van der Waals surface area contributed by atoms with Gasteiger partial charge in [-0.15, -0.1) is 0 Å². The number of amides is 2. The van der Waals surface area contributed by atoms with E-state index in [1.54, 1.807) is 4.90 Å². The van der Waals surface area contributed by atoms with Crippen LogP contribution in [0.3, 0.4) is 0 Å². The molecule has 1 aromatic carbocycles. The van der Waals surface area contributed by atoms with Crippen LogP contribution in [0.5, 0.6) is 0 Å². The maximum Gasteiger partial charge on any atom is 0.291 e. The normalized spacial score (nSPS) is 24.9. The molecular formula is C25H26N8O2. The monoisotopic (exact) mass is 470 g/mol. The maximum absolute atomic E-state index is 13.2. The van der Waals surface area contributed by atoms with E-state index >= 15 is 0 Å². The third-order valence-corrected chi connectivity index (χ3v) is 7.99. The molecule has 1 unspecified atom stereocenters. The molecule has 0 bridgehead atoms. The topological polar surface area (TPSA) is 135 Å². The number of nitrogens with zero attached hydrogens (tertiary/aromatic N) is 4. The fourth-order valence-corrected chi connectivity index (χ4v) is 6.60. The van der Waals surface area contributed by atoms with Crippen LogP contribution in [-0.2, 0) is 11.8 Å². The third kappa shape index (κ3) is 3.05. The van der Waals surface area contributed by atoms with Gasteiger partial charge in [-0.25, -0.2) is 4.98 Å². The summed E-state index contributed by atoms with van der Waals surface area (Å²) in [5.74, 6) is 0.602. The van der Waals surface area contributed by atoms with Gasteiger partial charge in [0.15, 0.2) is 0 Å². The Bertz CT molecular complexity index is 1460. The second-order valence-corrected chi connectivity index (χ2v) is 10.4. The number of aromatic amines is 3. The summed E-state index contributed by atoms with van der Waals surface area (Å²) < 4.78 is 0. The number of benzene rings is 1. The SMILES string of the molecule is CC1CC2(Cc3cn[nH]c3-c3[nH]c4ccc(C(=O)NC5CCN(C(=O)c6ncn[nH]6)C5)cc4c32)C1. The first-order chi connectivity index (χ1) is 17.0. The fraction of sp³-hybridized carbons (Fsp3) is 0.400. The van der Waals surface area contributed by atoms with Gasteiger partial charge in [-0.1, -0.05) is 6.92 Å². The Kier molecular flexibility index (Phi) is 4.24. The number of aromatic nitrogens is 6. The summed E-state index contributed by atoms with van der Waals surface area (Å²) in [4.78, 5) is 35.0. The Morgan fingerprint density at radius 2 is 2.06 bits per heavy atom. The highest BCUT2D eigenvalue weighted by Crippen LogP contribution is 2.57. The highest BCUT2D eigenvalue weighted by atomic mass is 16.2. The standard InChI is InChI=1S/C25H26N8O2/c1-13-7-25(8-13)9-15-10-27-31-20(15)21-19(25)17-6-14(2-3-18(17)30-21)23(34)29-16-4-5-33(11-16)24(35)22-26-12-28-32-22/h2-3,6,10,12-13,16,30H,4-5,7-9,11H2,1H3,(H,27,31)(H,29,34)(H,26,28,32). The van der Waals surface area contributed by atoms with Crippen LogP contribution in [0.2, 0.25) is 0 Å². The number of hydrogen-bond donors (Lipinski definition) is 4. The summed E-state index contributed by atoms with van der Waals surface area (Å²) in [6.07, 6.45) is 7.25. The Balaban J connectivity index is 1.16. The molecule has 1 atom stereocenters. The van der Waals surface area contributed by atoms with Gasteiger partial charge >= 0.3 is 0 Å². The van der Waals surface area contributed by atoms with E-state index in [9.17, 15) is 9.59 Å². The lowest BCUT2D eigenvalue weighted by molar-refractivity contribution is 0.0772. The van der Waals surface area contributed by atoms with Crippen LogP contribution in [0.15, 0.2) is 30.7 Å². The van der Waals surface area contributed by atoms with Gasteiger partial charge in [-0.05, 0) is 55.4 Å². The number of carbonyl (C=O) groups excluding carboxylic acids is 2. The van der Waals surface area contributed by atoms with E-state index in [-0.39, 0.29) is 29.1 Å². The Labute approximate surface area is 200 Å². The van der Waals surface area contributed by atoms with Crippen molar-refractivity contribution in [3.8, 4) is 11.4 Å². The van der Waals surface area contributed by atoms with Gasteiger partial charge in [0.1, 0.15) is 6.33 Å². The van der Waals surface area contributed by atoms with Crippen molar-refractivity contribution in [3.63, 3.8) is 0 Å². The van der Waals surface area contributed by atoms with E-state index in [2.05, 4.69) is 42.6 Å². The van der Waals surface area contributed by atoms with Gasteiger partial charge in [0.2, 0.25) is 5.82 Å². The highest BCUT2D eigenvalue weighted by Gasteiger charge is 2.49. The third-order valence-electron chi connectivity index (χ3n) is 7.99. The summed E-state index contributed by atoms with van der Waals surface area (Å²) >= 11 is 0. The molecule has 178 valence electrons. The van der Waals surface area contributed by atoms with Crippen molar-refractivity contribution in [1.29, 1.82) is 0 Å². The number of fused-ring (bicyclic) bond motifs is 6. The molecule has 4 N–H and O–H groups in total. The average Bonchev–Trinajstić information content (AvgIpc) is 3.63. The van der Waals surface area contributed by atoms with Crippen molar-refractivity contribution in [2.45, 2.75) is 44.1 Å². The maximum atomic E-state index is 13.2. The first kappa shape index (κ1) is 20.4. The molecule has 4 aromatic rings. The van der Waals surface area contributed by atoms with Crippen LogP contribution in [0.25, 0.3) is 22.3 Å². The minimum Gasteiger partial charge on any atom is -0.353 e. The number of rotatable bonds is 3. The molecule has 0 radical (unpaired) electrons. The molecule has 7 rings (SSSR count). The van der Waals surface area contributed by atoms with E-state index in [1.165, 1.54) is 17.5 Å². The van der Waals surface area contributed by atoms with Gasteiger partial charge in [0.05, 0.1) is 17.6 Å². The van der Waals surface area contributed by atoms with E-state index in [1.807, 2.05) is 24.4 Å². The number of likely N-dealkylation sites (tertiary alicyclic amines) is 1. The number of nitrogens with one attached hydrogen (secondary N) is 4. The predicted molar refractivity (Wildman–Crippen MR) is 128 cm³/mol. The van der Waals surface area contributed by atoms with Crippen molar-refractivity contribution >= 4 is 22.7 Å². The zero-order chi connectivity index (χ0) is 23.7. The molecule has 10 heteroatoms. The Hall–Kier alpha value is -3.95. The smallest absolute Gasteiger partial charge is 0.291 e. The molecular weight excluding hydrogens is 444 g/mol. The van der Waals surface area contributed by atoms with Gasteiger partial charge in [-0.2, -0.15) is 10.2 Å². The van der Waals surface area contributed by atoms with Crippen LogP contribution in [0.4, 0.5) is 0 Å². The summed E-state index contributed by atoms with van der Waals surface area (Å²) in [7, 11) is 0. The van der Waals surface area contributed by atoms with Gasteiger partial charge in [0, 0.05) is 46.6 Å². The molecule has 2 fully saturated rings. The quantitative estimate of drug-likeness (QED) is 0.365. The molecule has 1 saturated carbocycles. The van der Waals surface area contributed by atoms with Crippen LogP contribution < -0.4 is 5.32 Å². The summed E-state index contributed by atoms with van der Waals surface area (Å²) in [6.45, 7) is 3.33. The first-order valence-electron chi connectivity index (χ1n) is 12.1. The van der Waals surface area contributed by atoms with Crippen molar-refractivity contribution in [2.24, 2.45) is 5.92 Å². The lowest BCUT2D eigenvalue weighted by Gasteiger charge is -2.49. The second-order valence-electron chi connectivity index (χ2n) is 10.4. The summed E-state index contributed by atoms with van der Waals surface area (Å²) in [5, 5.41) is 18.1. The molecule has 1 spiro atoms. The minimum atomic E-state index is -0.196. The number of hydrogen-bond acceptors (Lipinski definition) is 5. The predicted octanol–water partition coefficient (Wildman–Crippen LogP) is 2.54. The lowest BCUT2D eigenvalue weighted by atomic mass is 9.54. The molecule has 4 heterocycles. The summed E-state index contributed by atoms with van der Waals surface area (Å²) in [6, 6.07) is 5.80. The molecule has 35 heavy (non-hydrogen) atoms. The van der Waals surface area contributed by atoms with Crippen LogP contribution >= 0.6 is 0 Å². The zero-order valence-corrected chi connectivity index (χ0v) is 19.4. The number of carbonyl (C=O) groups is 2. The second kappa shape index (κ2) is 7.27. The average molecular weight is 471 g/mol. The fourth-order valence-electron chi connectivity index (χ4n) is 6.60. The molecule has 1 saturated heterocycles. The highest BCUT2D eigenvalue weighted by molar-refractivity contribution is 6.01. The molecule has 3 aliphatic rings. The van der Waals surface area contributed by atoms with Crippen LogP contribution in [-0.4, -0.2) is 66.2 Å². The largest absolute Gasteiger partial charge is 0.353 e. The zero-order valence-electron chi connectivity index (χ0n) is 19.4. The van der Waals surface area contributed by atoms with E-state index in [4.69, 9.17) is 0 Å². The van der Waals surface area contributed by atoms with Crippen LogP contribution in [0.1, 0.15) is 58.3 Å². The number of H-pyrrole nitrogens is 3. The first-order valence-corrected chi connectivity index (χ1v) is 12.1. The van der Waals surface area contributed by atoms with Crippen molar-refractivity contribution in [3.05, 3.63) is 53.2 Å². The van der Waals surface area contributed by atoms with Gasteiger partial charge in [-0.3, -0.25) is 19.8 Å². The van der Waals surface area contributed by atoms with Crippen molar-refractivity contribution in [2.75, 3.05) is 13.1 Å². The van der Waals surface area contributed by atoms with Crippen molar-refractivity contribution in [1.82, 2.24) is 40.6 Å². The van der Waals surface area contributed by atoms with Gasteiger partial charge < -0.3 is 15.2 Å². The van der Waals surface area contributed by atoms with Crippen molar-refractivity contribution < 1.29 is 9.59 Å². The molecule has 2 amide bonds. The van der Waals surface area contributed by atoms with E-state index < -0.39 is 0 Å².